The standard InChI is InChI=1S/C48H48B2N2O4/c1-29-26-43(30(2)25-42(29)51-38-18-14-13-17-35(38)36-27-32(20-23-39(36)51)49-53-45(3,4)46(5,6)54-49)52-40-24-21-33(50-55-47(7,8)48(9,10)56-50)28-37(40)44-34-16-12-11-15-31(34)19-22-41(44)52/h11-28H,1-10H3. The fraction of sp³-hybridized carbons (Fsp3) is 0.292. The van der Waals surface area contributed by atoms with Gasteiger partial charge in [-0.25, -0.2) is 0 Å². The highest BCUT2D eigenvalue weighted by Crippen LogP contribution is 2.42. The largest absolute Gasteiger partial charge is 0.494 e. The van der Waals surface area contributed by atoms with Gasteiger partial charge in [-0.1, -0.05) is 72.8 Å². The molecule has 10 rings (SSSR count). The highest BCUT2D eigenvalue weighted by Gasteiger charge is 2.53. The normalized spacial score (nSPS) is 18.8. The van der Waals surface area contributed by atoms with E-state index < -0.39 is 36.6 Å². The van der Waals surface area contributed by atoms with E-state index in [-0.39, 0.29) is 0 Å². The number of aryl methyl sites for hydroxylation is 2. The maximum atomic E-state index is 6.54. The van der Waals surface area contributed by atoms with Crippen molar-refractivity contribution in [2.24, 2.45) is 0 Å². The van der Waals surface area contributed by atoms with E-state index in [0.29, 0.717) is 0 Å². The van der Waals surface area contributed by atoms with E-state index in [2.05, 4.69) is 188 Å². The molecule has 0 amide bonds. The molecule has 2 aliphatic heterocycles. The van der Waals surface area contributed by atoms with Crippen molar-refractivity contribution in [2.45, 2.75) is 91.6 Å². The third-order valence-corrected chi connectivity index (χ3v) is 13.4. The molecule has 0 spiro atoms. The summed E-state index contributed by atoms with van der Waals surface area (Å²) in [5, 5.41) is 7.26. The predicted molar refractivity (Wildman–Crippen MR) is 234 cm³/mol. The summed E-state index contributed by atoms with van der Waals surface area (Å²) in [7, 11) is -0.869. The highest BCUT2D eigenvalue weighted by molar-refractivity contribution is 6.63. The van der Waals surface area contributed by atoms with E-state index in [9.17, 15) is 0 Å². The number of para-hydroxylation sites is 1. The fourth-order valence-electron chi connectivity index (χ4n) is 8.84. The molecule has 0 unspecified atom stereocenters. The molecule has 2 fully saturated rings. The van der Waals surface area contributed by atoms with Crippen LogP contribution in [0.25, 0.3) is 65.8 Å². The van der Waals surface area contributed by atoms with Crippen LogP contribution in [-0.4, -0.2) is 45.8 Å². The Morgan fingerprint density at radius 2 is 0.839 bits per heavy atom. The quantitative estimate of drug-likeness (QED) is 0.169. The molecular weight excluding hydrogens is 690 g/mol. The lowest BCUT2D eigenvalue weighted by Crippen LogP contribution is -2.41. The third-order valence-electron chi connectivity index (χ3n) is 13.4. The van der Waals surface area contributed by atoms with Gasteiger partial charge in [0, 0.05) is 32.9 Å². The molecule has 6 aromatic carbocycles. The molecule has 0 radical (unpaired) electrons. The molecule has 56 heavy (non-hydrogen) atoms. The smallest absolute Gasteiger partial charge is 0.399 e. The summed E-state index contributed by atoms with van der Waals surface area (Å²) in [4.78, 5) is 0. The Hall–Kier alpha value is -4.85. The van der Waals surface area contributed by atoms with Gasteiger partial charge in [0.15, 0.2) is 0 Å². The minimum absolute atomic E-state index is 0.407. The van der Waals surface area contributed by atoms with E-state index in [1.807, 2.05) is 0 Å². The number of nitrogens with zero attached hydrogens (tertiary/aromatic N) is 2. The highest BCUT2D eigenvalue weighted by atomic mass is 16.7. The van der Waals surface area contributed by atoms with Crippen molar-refractivity contribution in [3.63, 3.8) is 0 Å². The Labute approximate surface area is 329 Å². The van der Waals surface area contributed by atoms with Crippen molar-refractivity contribution in [1.29, 1.82) is 0 Å². The average molecular weight is 739 g/mol. The third kappa shape index (κ3) is 5.05. The van der Waals surface area contributed by atoms with Crippen LogP contribution in [0.15, 0.2) is 109 Å². The molecule has 8 heteroatoms. The second-order valence-electron chi connectivity index (χ2n) is 18.0. The Balaban J connectivity index is 1.14. The van der Waals surface area contributed by atoms with Gasteiger partial charge in [0.05, 0.1) is 44.5 Å². The first-order valence-corrected chi connectivity index (χ1v) is 19.9. The Morgan fingerprint density at radius 3 is 1.41 bits per heavy atom. The van der Waals surface area contributed by atoms with Crippen molar-refractivity contribution >= 4 is 79.5 Å². The van der Waals surface area contributed by atoms with Crippen molar-refractivity contribution < 1.29 is 18.6 Å². The van der Waals surface area contributed by atoms with E-state index in [4.69, 9.17) is 18.6 Å². The molecule has 2 saturated heterocycles. The van der Waals surface area contributed by atoms with Crippen molar-refractivity contribution in [3.05, 3.63) is 120 Å². The van der Waals surface area contributed by atoms with E-state index >= 15 is 0 Å². The van der Waals surface area contributed by atoms with Crippen LogP contribution in [0.1, 0.15) is 66.5 Å². The second kappa shape index (κ2) is 11.8. The lowest BCUT2D eigenvalue weighted by Gasteiger charge is -2.32. The van der Waals surface area contributed by atoms with E-state index in [1.54, 1.807) is 0 Å². The molecule has 0 aliphatic carbocycles. The number of aromatic nitrogens is 2. The number of benzene rings is 6. The van der Waals surface area contributed by atoms with E-state index in [0.717, 1.165) is 33.3 Å². The average Bonchev–Trinajstić information content (AvgIpc) is 3.80. The molecule has 8 aromatic rings. The van der Waals surface area contributed by atoms with Crippen molar-refractivity contribution in [1.82, 2.24) is 9.13 Å². The number of hydrogen-bond acceptors (Lipinski definition) is 4. The lowest BCUT2D eigenvalue weighted by molar-refractivity contribution is 0.00578. The van der Waals surface area contributed by atoms with E-state index in [1.165, 1.54) is 54.5 Å². The number of hydrogen-bond donors (Lipinski definition) is 0. The maximum absolute atomic E-state index is 6.54. The van der Waals surface area contributed by atoms with Crippen LogP contribution < -0.4 is 10.9 Å². The molecule has 280 valence electrons. The minimum atomic E-state index is -0.444. The summed E-state index contributed by atoms with van der Waals surface area (Å²) >= 11 is 0. The van der Waals surface area contributed by atoms with Gasteiger partial charge in [-0.2, -0.15) is 0 Å². The first-order valence-electron chi connectivity index (χ1n) is 19.9. The first-order chi connectivity index (χ1) is 26.6. The summed E-state index contributed by atoms with van der Waals surface area (Å²) in [6, 6.07) is 40.0. The van der Waals surface area contributed by atoms with Crippen LogP contribution in [-0.2, 0) is 18.6 Å². The zero-order chi connectivity index (χ0) is 39.1. The molecule has 2 aliphatic rings. The van der Waals surface area contributed by atoms with Crippen molar-refractivity contribution in [3.8, 4) is 11.4 Å². The SMILES string of the molecule is Cc1cc(-n2c3ccc(B4OC(C)(C)C(C)(C)O4)cc3c3c4ccccc4ccc32)c(C)cc1-n1c2ccccc2c2cc(B3OC(C)(C)C(C)(C)O3)ccc21. The zero-order valence-corrected chi connectivity index (χ0v) is 34.1. The second-order valence-corrected chi connectivity index (χ2v) is 18.0. The van der Waals surface area contributed by atoms with Gasteiger partial charge in [0.25, 0.3) is 0 Å². The minimum Gasteiger partial charge on any atom is -0.399 e. The van der Waals surface area contributed by atoms with Crippen LogP contribution in [0.4, 0.5) is 0 Å². The summed E-state index contributed by atoms with van der Waals surface area (Å²) in [6.07, 6.45) is 0. The Bertz CT molecular complexity index is 2900. The van der Waals surface area contributed by atoms with Gasteiger partial charge in [-0.3, -0.25) is 0 Å². The van der Waals surface area contributed by atoms with Crippen LogP contribution in [0.3, 0.4) is 0 Å². The van der Waals surface area contributed by atoms with Gasteiger partial charge in [0.1, 0.15) is 0 Å². The fourth-order valence-corrected chi connectivity index (χ4v) is 8.84. The topological polar surface area (TPSA) is 46.8 Å². The number of rotatable bonds is 4. The van der Waals surface area contributed by atoms with Crippen LogP contribution >= 0.6 is 0 Å². The summed E-state index contributed by atoms with van der Waals surface area (Å²) < 4.78 is 30.9. The van der Waals surface area contributed by atoms with Gasteiger partial charge >= 0.3 is 14.2 Å². The molecule has 2 aromatic heterocycles. The maximum Gasteiger partial charge on any atom is 0.494 e. The van der Waals surface area contributed by atoms with Gasteiger partial charge < -0.3 is 27.8 Å². The molecule has 6 nitrogen and oxygen atoms in total. The summed E-state index contributed by atoms with van der Waals surface area (Å²) in [6.45, 7) is 21.3. The first kappa shape index (κ1) is 35.6. The van der Waals surface area contributed by atoms with Crippen LogP contribution in [0, 0.1) is 13.8 Å². The summed E-state index contributed by atoms with van der Waals surface area (Å²) in [5.41, 5.74) is 9.75. The molecule has 0 saturated carbocycles. The lowest BCUT2D eigenvalue weighted by atomic mass is 9.78. The number of fused-ring (bicyclic) bond motifs is 8. The predicted octanol–water partition coefficient (Wildman–Crippen LogP) is 10.2. The Kier molecular flexibility index (Phi) is 7.52. The van der Waals surface area contributed by atoms with Crippen LogP contribution in [0.5, 0.6) is 0 Å². The monoisotopic (exact) mass is 738 g/mol. The van der Waals surface area contributed by atoms with Crippen molar-refractivity contribution in [2.75, 3.05) is 0 Å². The van der Waals surface area contributed by atoms with Gasteiger partial charge in [-0.15, -0.1) is 0 Å². The molecule has 4 heterocycles. The molecular formula is C48H48B2N2O4. The summed E-state index contributed by atoms with van der Waals surface area (Å²) in [5.74, 6) is 0. The van der Waals surface area contributed by atoms with Crippen LogP contribution in [0.2, 0.25) is 0 Å². The molecule has 0 atom stereocenters. The zero-order valence-electron chi connectivity index (χ0n) is 34.1. The molecule has 0 N–H and O–H groups in total. The molecule has 0 bridgehead atoms. The van der Waals surface area contributed by atoms with Gasteiger partial charge in [-0.05, 0) is 138 Å². The Morgan fingerprint density at radius 1 is 0.411 bits per heavy atom. The van der Waals surface area contributed by atoms with Gasteiger partial charge in [0.2, 0.25) is 0 Å².